The largest absolute Gasteiger partial charge is 0.365 e. The molecule has 0 unspecified atom stereocenters. The van der Waals surface area contributed by atoms with Crippen LogP contribution in [0.5, 0.6) is 0 Å². The topological polar surface area (TPSA) is 37.7 Å². The van der Waals surface area contributed by atoms with Crippen LogP contribution >= 0.6 is 0 Å². The van der Waals surface area contributed by atoms with Crippen molar-refractivity contribution in [2.24, 2.45) is 15.4 Å². The van der Waals surface area contributed by atoms with Gasteiger partial charge in [0.2, 0.25) is 0 Å². The van der Waals surface area contributed by atoms with Crippen LogP contribution in [0.4, 0.5) is 10.1 Å². The normalized spacial score (nSPS) is 20.1. The fourth-order valence-electron chi connectivity index (χ4n) is 6.75. The van der Waals surface area contributed by atoms with Crippen LogP contribution in [-0.2, 0) is 0 Å². The van der Waals surface area contributed by atoms with E-state index in [0.717, 1.165) is 86.6 Å². The molecule has 0 aromatic heterocycles. The van der Waals surface area contributed by atoms with Crippen molar-refractivity contribution in [2.75, 3.05) is 77.9 Å². The lowest BCUT2D eigenvalue weighted by Crippen LogP contribution is -2.50. The Hall–Kier alpha value is -2.77. The molecule has 0 bridgehead atoms. The van der Waals surface area contributed by atoms with E-state index in [1.165, 1.54) is 31.4 Å². The van der Waals surface area contributed by atoms with E-state index in [0.29, 0.717) is 17.5 Å². The maximum Gasteiger partial charge on any atom is 0.128 e. The molecule has 216 valence electrons. The van der Waals surface area contributed by atoms with Crippen molar-refractivity contribution in [3.8, 4) is 0 Å². The highest BCUT2D eigenvalue weighted by Crippen LogP contribution is 2.49. The molecule has 3 aliphatic rings. The molecule has 2 aromatic carbocycles. The second-order valence-electron chi connectivity index (χ2n) is 12.3. The van der Waals surface area contributed by atoms with E-state index >= 15 is 0 Å². The molecule has 7 heteroatoms. The van der Waals surface area contributed by atoms with E-state index in [1.54, 1.807) is 6.07 Å². The molecule has 2 aliphatic heterocycles. The molecule has 6 nitrogen and oxygen atoms in total. The minimum absolute atomic E-state index is 0.158. The molecule has 0 spiro atoms. The Morgan fingerprint density at radius 2 is 1.85 bits per heavy atom. The second kappa shape index (κ2) is 12.4. The predicted octanol–water partition coefficient (Wildman–Crippen LogP) is 5.61. The molecule has 1 saturated heterocycles. The molecule has 0 N–H and O–H groups in total. The monoisotopic (exact) mass is 546 g/mol. The molecule has 1 saturated carbocycles. The summed E-state index contributed by atoms with van der Waals surface area (Å²) in [5.74, 6) is 0.977. The molecule has 2 aromatic rings. The molecule has 0 atom stereocenters. The molecule has 1 aliphatic carbocycles. The Balaban J connectivity index is 1.39. The number of amidine groups is 1. The molecule has 2 heterocycles. The lowest BCUT2D eigenvalue weighted by atomic mass is 9.98. The Morgan fingerprint density at radius 1 is 1.07 bits per heavy atom. The first kappa shape index (κ1) is 28.7. The fourth-order valence-corrected chi connectivity index (χ4v) is 6.75. The number of rotatable bonds is 10. The van der Waals surface area contributed by atoms with Gasteiger partial charge in [-0.2, -0.15) is 0 Å². The van der Waals surface area contributed by atoms with Gasteiger partial charge >= 0.3 is 0 Å². The standard InChI is InChI=1S/C33H47FN6/c1-6-38-19-21-39(22-20-38)32(36-17-8-14-33(15-16-33)24-37(4)5)27-13-18-40(23-29(27)35-3)30-10-7-9-26-11-12-28(34)25(2)31(26)30/h7,9-12H,3,6,8,13-24H2,1-2,4-5H3. The van der Waals surface area contributed by atoms with Gasteiger partial charge in [-0.3, -0.25) is 9.98 Å². The van der Waals surface area contributed by atoms with Crippen LogP contribution in [0, 0.1) is 18.2 Å². The number of fused-ring (bicyclic) bond motifs is 1. The van der Waals surface area contributed by atoms with Crippen LogP contribution in [0.25, 0.3) is 10.8 Å². The second-order valence-corrected chi connectivity index (χ2v) is 12.3. The van der Waals surface area contributed by atoms with Gasteiger partial charge in [0, 0.05) is 62.5 Å². The highest BCUT2D eigenvalue weighted by molar-refractivity contribution is 6.01. The van der Waals surface area contributed by atoms with Gasteiger partial charge in [-0.05, 0) is 94.9 Å². The quantitative estimate of drug-likeness (QED) is 0.221. The average molecular weight is 547 g/mol. The van der Waals surface area contributed by atoms with E-state index in [4.69, 9.17) is 4.99 Å². The molecule has 0 amide bonds. The third kappa shape index (κ3) is 6.26. The van der Waals surface area contributed by atoms with Gasteiger partial charge in [0.15, 0.2) is 0 Å². The van der Waals surface area contributed by atoms with Crippen LogP contribution in [-0.4, -0.2) is 100 Å². The summed E-state index contributed by atoms with van der Waals surface area (Å²) >= 11 is 0. The maximum absolute atomic E-state index is 14.6. The van der Waals surface area contributed by atoms with Gasteiger partial charge in [-0.15, -0.1) is 0 Å². The summed E-state index contributed by atoms with van der Waals surface area (Å²) in [5, 5.41) is 2.06. The summed E-state index contributed by atoms with van der Waals surface area (Å²) in [6.45, 7) is 16.9. The zero-order valence-corrected chi connectivity index (χ0v) is 25.1. The summed E-state index contributed by atoms with van der Waals surface area (Å²) in [6, 6.07) is 9.69. The number of piperazine rings is 1. The average Bonchev–Trinajstić information content (AvgIpc) is 3.73. The van der Waals surface area contributed by atoms with Crippen LogP contribution < -0.4 is 4.90 Å². The lowest BCUT2D eigenvalue weighted by molar-refractivity contribution is 0.189. The smallest absolute Gasteiger partial charge is 0.128 e. The van der Waals surface area contributed by atoms with Crippen LogP contribution in [0.15, 0.2) is 51.6 Å². The number of hydrogen-bond donors (Lipinski definition) is 0. The maximum atomic E-state index is 14.6. The van der Waals surface area contributed by atoms with E-state index in [1.807, 2.05) is 13.0 Å². The van der Waals surface area contributed by atoms with Crippen molar-refractivity contribution in [3.05, 3.63) is 53.0 Å². The van der Waals surface area contributed by atoms with Crippen LogP contribution in [0.2, 0.25) is 0 Å². The van der Waals surface area contributed by atoms with Gasteiger partial charge < -0.3 is 19.6 Å². The molecule has 40 heavy (non-hydrogen) atoms. The Kier molecular flexibility index (Phi) is 8.91. The minimum atomic E-state index is -0.158. The Morgan fingerprint density at radius 3 is 2.52 bits per heavy atom. The van der Waals surface area contributed by atoms with Crippen LogP contribution in [0.3, 0.4) is 0 Å². The number of aryl methyl sites for hydroxylation is 1. The molecular formula is C33H47FN6. The zero-order chi connectivity index (χ0) is 28.3. The number of hydrogen-bond acceptors (Lipinski definition) is 5. The van der Waals surface area contributed by atoms with Crippen molar-refractivity contribution in [1.82, 2.24) is 14.7 Å². The fraction of sp³-hybridized carbons (Fsp3) is 0.576. The predicted molar refractivity (Wildman–Crippen MR) is 167 cm³/mol. The Labute approximate surface area is 240 Å². The molecule has 0 radical (unpaired) electrons. The number of anilines is 1. The van der Waals surface area contributed by atoms with Crippen molar-refractivity contribution < 1.29 is 4.39 Å². The van der Waals surface area contributed by atoms with Gasteiger partial charge in [0.1, 0.15) is 11.7 Å². The van der Waals surface area contributed by atoms with E-state index < -0.39 is 0 Å². The molecular weight excluding hydrogens is 499 g/mol. The van der Waals surface area contributed by atoms with E-state index in [2.05, 4.69) is 70.5 Å². The Bertz CT molecular complexity index is 1270. The first-order valence-electron chi connectivity index (χ1n) is 15.1. The van der Waals surface area contributed by atoms with Gasteiger partial charge in [0.25, 0.3) is 0 Å². The minimum Gasteiger partial charge on any atom is -0.365 e. The van der Waals surface area contributed by atoms with Crippen molar-refractivity contribution in [3.63, 3.8) is 0 Å². The zero-order valence-electron chi connectivity index (χ0n) is 25.1. The number of nitrogens with zero attached hydrogens (tertiary/aromatic N) is 6. The highest BCUT2D eigenvalue weighted by atomic mass is 19.1. The number of halogens is 1. The van der Waals surface area contributed by atoms with E-state index in [9.17, 15) is 4.39 Å². The first-order valence-corrected chi connectivity index (χ1v) is 15.1. The number of benzene rings is 2. The summed E-state index contributed by atoms with van der Waals surface area (Å²) in [5.41, 5.74) is 4.53. The van der Waals surface area contributed by atoms with Gasteiger partial charge in [-0.1, -0.05) is 25.1 Å². The molecule has 2 fully saturated rings. The van der Waals surface area contributed by atoms with Crippen molar-refractivity contribution >= 4 is 29.0 Å². The number of likely N-dealkylation sites (N-methyl/N-ethyl adjacent to an activating group) is 1. The summed E-state index contributed by atoms with van der Waals surface area (Å²) < 4.78 is 14.6. The summed E-state index contributed by atoms with van der Waals surface area (Å²) in [7, 11) is 4.37. The summed E-state index contributed by atoms with van der Waals surface area (Å²) in [4.78, 5) is 19.6. The van der Waals surface area contributed by atoms with Crippen molar-refractivity contribution in [2.45, 2.75) is 46.0 Å². The van der Waals surface area contributed by atoms with Crippen molar-refractivity contribution in [1.29, 1.82) is 0 Å². The third-order valence-corrected chi connectivity index (χ3v) is 9.19. The van der Waals surface area contributed by atoms with Gasteiger partial charge in [0.05, 0.1) is 12.2 Å². The van der Waals surface area contributed by atoms with E-state index in [-0.39, 0.29) is 5.82 Å². The lowest BCUT2D eigenvalue weighted by Gasteiger charge is -2.39. The third-order valence-electron chi connectivity index (χ3n) is 9.19. The summed E-state index contributed by atoms with van der Waals surface area (Å²) in [6.07, 6.45) is 5.94. The van der Waals surface area contributed by atoms with Gasteiger partial charge in [-0.25, -0.2) is 4.39 Å². The first-order chi connectivity index (χ1) is 19.3. The highest BCUT2D eigenvalue weighted by Gasteiger charge is 2.41. The van der Waals surface area contributed by atoms with Crippen LogP contribution in [0.1, 0.15) is 44.6 Å². The molecule has 5 rings (SSSR count). The SMILES string of the molecule is C=NC1=C(C(=NCCCC2(CN(C)C)CC2)N2CCN(CC)CC2)CCN(c2cccc3ccc(F)c(C)c23)C1. The number of aliphatic imine (C=N–C) groups is 2.